The molecule has 1 heterocycles. The first-order valence-corrected chi connectivity index (χ1v) is 9.55. The van der Waals surface area contributed by atoms with Gasteiger partial charge in [0.2, 0.25) is 5.91 Å². The molecule has 0 spiro atoms. The Labute approximate surface area is 166 Å². The molecule has 0 atom stereocenters. The molecule has 28 heavy (non-hydrogen) atoms. The van der Waals surface area contributed by atoms with Crippen LogP contribution in [0.15, 0.2) is 42.5 Å². The molecule has 6 heteroatoms. The SMILES string of the molecule is CC(C)N(C)Cc1ccccc1CNC(=O)c1ccc2c(c1)NC(=O)CN2C. The first-order chi connectivity index (χ1) is 13.3. The Hall–Kier alpha value is -2.86. The summed E-state index contributed by atoms with van der Waals surface area (Å²) in [5, 5.41) is 5.84. The molecule has 2 amide bonds. The van der Waals surface area contributed by atoms with Crippen molar-refractivity contribution >= 4 is 23.2 Å². The Morgan fingerprint density at radius 3 is 2.64 bits per heavy atom. The predicted octanol–water partition coefficient (Wildman–Crippen LogP) is 2.85. The van der Waals surface area contributed by atoms with Crippen molar-refractivity contribution < 1.29 is 9.59 Å². The topological polar surface area (TPSA) is 64.7 Å². The molecule has 0 saturated heterocycles. The van der Waals surface area contributed by atoms with E-state index >= 15 is 0 Å². The first-order valence-electron chi connectivity index (χ1n) is 9.55. The summed E-state index contributed by atoms with van der Waals surface area (Å²) in [6.07, 6.45) is 0. The number of amides is 2. The van der Waals surface area contributed by atoms with E-state index in [2.05, 4.69) is 42.5 Å². The summed E-state index contributed by atoms with van der Waals surface area (Å²) in [5.74, 6) is -0.229. The predicted molar refractivity (Wildman–Crippen MR) is 113 cm³/mol. The van der Waals surface area contributed by atoms with Gasteiger partial charge in [-0.05, 0) is 50.2 Å². The summed E-state index contributed by atoms with van der Waals surface area (Å²) in [7, 11) is 3.96. The van der Waals surface area contributed by atoms with Crippen molar-refractivity contribution in [2.24, 2.45) is 0 Å². The highest BCUT2D eigenvalue weighted by molar-refractivity contribution is 6.03. The highest BCUT2D eigenvalue weighted by Crippen LogP contribution is 2.29. The Morgan fingerprint density at radius 1 is 1.21 bits per heavy atom. The van der Waals surface area contributed by atoms with Crippen LogP contribution in [0.3, 0.4) is 0 Å². The maximum absolute atomic E-state index is 12.7. The fourth-order valence-corrected chi connectivity index (χ4v) is 3.21. The second-order valence-electron chi connectivity index (χ2n) is 7.60. The second kappa shape index (κ2) is 8.44. The summed E-state index contributed by atoms with van der Waals surface area (Å²) in [4.78, 5) is 28.5. The van der Waals surface area contributed by atoms with Crippen molar-refractivity contribution in [3.05, 3.63) is 59.2 Å². The summed E-state index contributed by atoms with van der Waals surface area (Å²) >= 11 is 0. The molecule has 1 aliphatic rings. The molecule has 148 valence electrons. The zero-order valence-electron chi connectivity index (χ0n) is 17.0. The van der Waals surface area contributed by atoms with Crippen LogP contribution in [-0.2, 0) is 17.9 Å². The summed E-state index contributed by atoms with van der Waals surface area (Å²) in [6.45, 7) is 5.94. The lowest BCUT2D eigenvalue weighted by Gasteiger charge is -2.27. The summed E-state index contributed by atoms with van der Waals surface area (Å²) in [5.41, 5.74) is 4.43. The number of nitrogens with zero attached hydrogens (tertiary/aromatic N) is 2. The van der Waals surface area contributed by atoms with Gasteiger partial charge in [0.15, 0.2) is 0 Å². The molecular weight excluding hydrogens is 352 g/mol. The van der Waals surface area contributed by atoms with Crippen molar-refractivity contribution in [3.63, 3.8) is 0 Å². The molecule has 1 aliphatic heterocycles. The minimum Gasteiger partial charge on any atom is -0.364 e. The third-order valence-electron chi connectivity index (χ3n) is 5.18. The fourth-order valence-electron chi connectivity index (χ4n) is 3.21. The Kier molecular flexibility index (Phi) is 5.99. The van der Waals surface area contributed by atoms with Crippen LogP contribution >= 0.6 is 0 Å². The molecule has 2 aromatic carbocycles. The maximum atomic E-state index is 12.7. The van der Waals surface area contributed by atoms with Gasteiger partial charge in [-0.1, -0.05) is 24.3 Å². The van der Waals surface area contributed by atoms with E-state index < -0.39 is 0 Å². The van der Waals surface area contributed by atoms with Gasteiger partial charge in [0.1, 0.15) is 0 Å². The van der Waals surface area contributed by atoms with E-state index in [-0.39, 0.29) is 11.8 Å². The van der Waals surface area contributed by atoms with Crippen LogP contribution in [0.4, 0.5) is 11.4 Å². The number of fused-ring (bicyclic) bond motifs is 1. The van der Waals surface area contributed by atoms with Gasteiger partial charge >= 0.3 is 0 Å². The number of carbonyl (C=O) groups is 2. The molecule has 0 radical (unpaired) electrons. The summed E-state index contributed by atoms with van der Waals surface area (Å²) < 4.78 is 0. The molecule has 6 nitrogen and oxygen atoms in total. The van der Waals surface area contributed by atoms with Crippen molar-refractivity contribution in [1.82, 2.24) is 10.2 Å². The Bertz CT molecular complexity index is 879. The second-order valence-corrected chi connectivity index (χ2v) is 7.60. The van der Waals surface area contributed by atoms with Crippen molar-refractivity contribution in [2.75, 3.05) is 30.9 Å². The van der Waals surface area contributed by atoms with E-state index in [0.29, 0.717) is 30.4 Å². The average molecular weight is 380 g/mol. The third-order valence-corrected chi connectivity index (χ3v) is 5.18. The largest absolute Gasteiger partial charge is 0.364 e. The first kappa shape index (κ1) is 19.9. The van der Waals surface area contributed by atoms with E-state index in [1.165, 1.54) is 5.56 Å². The lowest BCUT2D eigenvalue weighted by atomic mass is 10.1. The van der Waals surface area contributed by atoms with Crippen molar-refractivity contribution in [1.29, 1.82) is 0 Å². The lowest BCUT2D eigenvalue weighted by Crippen LogP contribution is -2.35. The zero-order valence-corrected chi connectivity index (χ0v) is 17.0. The Balaban J connectivity index is 1.70. The van der Waals surface area contributed by atoms with Crippen LogP contribution < -0.4 is 15.5 Å². The van der Waals surface area contributed by atoms with Gasteiger partial charge in [-0.3, -0.25) is 14.5 Å². The molecule has 0 bridgehead atoms. The van der Waals surface area contributed by atoms with Crippen LogP contribution in [0.2, 0.25) is 0 Å². The number of carbonyl (C=O) groups excluding carboxylic acids is 2. The molecule has 0 aliphatic carbocycles. The number of benzene rings is 2. The zero-order chi connectivity index (χ0) is 20.3. The van der Waals surface area contributed by atoms with Gasteiger partial charge in [-0.15, -0.1) is 0 Å². The van der Waals surface area contributed by atoms with Crippen molar-refractivity contribution in [2.45, 2.75) is 33.0 Å². The quantitative estimate of drug-likeness (QED) is 0.809. The van der Waals surface area contributed by atoms with Crippen molar-refractivity contribution in [3.8, 4) is 0 Å². The molecule has 0 unspecified atom stereocenters. The normalized spacial score (nSPS) is 13.5. The molecular formula is C22H28N4O2. The van der Waals surface area contributed by atoms with E-state index in [0.717, 1.165) is 17.8 Å². The van der Waals surface area contributed by atoms with E-state index in [4.69, 9.17) is 0 Å². The van der Waals surface area contributed by atoms with Gasteiger partial charge in [0.05, 0.1) is 17.9 Å². The van der Waals surface area contributed by atoms with Gasteiger partial charge < -0.3 is 15.5 Å². The average Bonchev–Trinajstić information content (AvgIpc) is 2.66. The van der Waals surface area contributed by atoms with Crippen LogP contribution in [0.1, 0.15) is 35.3 Å². The van der Waals surface area contributed by atoms with Crippen LogP contribution in [0.5, 0.6) is 0 Å². The molecule has 0 saturated carbocycles. The van der Waals surface area contributed by atoms with Crippen LogP contribution in [0, 0.1) is 0 Å². The van der Waals surface area contributed by atoms with Gasteiger partial charge in [0.25, 0.3) is 5.91 Å². The smallest absolute Gasteiger partial charge is 0.251 e. The number of hydrogen-bond donors (Lipinski definition) is 2. The molecule has 2 aromatic rings. The fraction of sp³-hybridized carbons (Fsp3) is 0.364. The van der Waals surface area contributed by atoms with Gasteiger partial charge in [0, 0.05) is 31.7 Å². The monoisotopic (exact) mass is 380 g/mol. The number of hydrogen-bond acceptors (Lipinski definition) is 4. The van der Waals surface area contributed by atoms with E-state index in [9.17, 15) is 9.59 Å². The Morgan fingerprint density at radius 2 is 1.93 bits per heavy atom. The van der Waals surface area contributed by atoms with E-state index in [1.54, 1.807) is 12.1 Å². The highest BCUT2D eigenvalue weighted by Gasteiger charge is 2.20. The summed E-state index contributed by atoms with van der Waals surface area (Å²) in [6, 6.07) is 14.0. The highest BCUT2D eigenvalue weighted by atomic mass is 16.2. The third kappa shape index (κ3) is 4.51. The molecule has 2 N–H and O–H groups in total. The lowest BCUT2D eigenvalue weighted by molar-refractivity contribution is -0.115. The number of anilines is 2. The molecule has 0 fully saturated rings. The number of rotatable bonds is 6. The molecule has 3 rings (SSSR count). The van der Waals surface area contributed by atoms with Crippen LogP contribution in [-0.4, -0.2) is 43.4 Å². The number of nitrogens with one attached hydrogen (secondary N) is 2. The van der Waals surface area contributed by atoms with Gasteiger partial charge in [-0.25, -0.2) is 0 Å². The maximum Gasteiger partial charge on any atom is 0.251 e. The van der Waals surface area contributed by atoms with Crippen LogP contribution in [0.25, 0.3) is 0 Å². The van der Waals surface area contributed by atoms with E-state index in [1.807, 2.05) is 36.2 Å². The minimum atomic E-state index is -0.155. The van der Waals surface area contributed by atoms with Gasteiger partial charge in [-0.2, -0.15) is 0 Å². The number of likely N-dealkylation sites (N-methyl/N-ethyl adjacent to an activating group) is 1. The standard InChI is InChI=1S/C22H28N4O2/c1-15(2)25(3)13-18-8-6-5-7-17(18)12-23-22(28)16-9-10-20-19(11-16)24-21(27)14-26(20)4/h5-11,15H,12-14H2,1-4H3,(H,23,28)(H,24,27). The molecule has 0 aromatic heterocycles. The minimum absolute atomic E-state index is 0.0734.